The molecule has 1 heterocycles. The van der Waals surface area contributed by atoms with E-state index in [0.29, 0.717) is 19.5 Å². The van der Waals surface area contributed by atoms with E-state index in [1.54, 1.807) is 0 Å². The van der Waals surface area contributed by atoms with Crippen LogP contribution >= 0.6 is 0 Å². The van der Waals surface area contributed by atoms with Gasteiger partial charge in [-0.3, -0.25) is 0 Å². The largest absolute Gasteiger partial charge is 0.350 e. The van der Waals surface area contributed by atoms with Gasteiger partial charge in [0.15, 0.2) is 0 Å². The first-order chi connectivity index (χ1) is 6.53. The molecule has 1 aromatic rings. The second-order valence-corrected chi connectivity index (χ2v) is 5.64. The summed E-state index contributed by atoms with van der Waals surface area (Å²) in [5.41, 5.74) is 6.55. The van der Waals surface area contributed by atoms with Crippen molar-refractivity contribution in [3.8, 4) is 0 Å². The topological polar surface area (TPSA) is 65.1 Å². The molecule has 1 aromatic heterocycles. The summed E-state index contributed by atoms with van der Waals surface area (Å²) in [7, 11) is -2.84. The summed E-state index contributed by atoms with van der Waals surface area (Å²) >= 11 is 0. The minimum absolute atomic E-state index is 0.231. The standard InChI is InChI=1S/C9H16N2O2S/c1-14(12,13)7-3-6-11-5-2-4-9(11)8-10/h2,4-5H,3,6-8,10H2,1H3. The van der Waals surface area contributed by atoms with Crippen LogP contribution in [0, 0.1) is 0 Å². The van der Waals surface area contributed by atoms with Crippen molar-refractivity contribution in [3.05, 3.63) is 24.0 Å². The number of aromatic nitrogens is 1. The van der Waals surface area contributed by atoms with Crippen molar-refractivity contribution in [2.24, 2.45) is 5.73 Å². The van der Waals surface area contributed by atoms with Gasteiger partial charge in [0.05, 0.1) is 5.75 Å². The molecule has 0 aromatic carbocycles. The molecular weight excluding hydrogens is 200 g/mol. The molecule has 0 spiro atoms. The van der Waals surface area contributed by atoms with Gasteiger partial charge in [-0.15, -0.1) is 0 Å². The zero-order valence-corrected chi connectivity index (χ0v) is 9.13. The number of nitrogens with two attached hydrogens (primary N) is 1. The third-order valence-electron chi connectivity index (χ3n) is 2.05. The number of hydrogen-bond donors (Lipinski definition) is 1. The molecule has 0 aliphatic heterocycles. The number of rotatable bonds is 5. The zero-order chi connectivity index (χ0) is 10.6. The van der Waals surface area contributed by atoms with Crippen LogP contribution in [-0.4, -0.2) is 25.0 Å². The Kier molecular flexibility index (Phi) is 3.71. The van der Waals surface area contributed by atoms with Crippen LogP contribution in [0.1, 0.15) is 12.1 Å². The van der Waals surface area contributed by atoms with Crippen LogP contribution in [0.3, 0.4) is 0 Å². The van der Waals surface area contributed by atoms with Crippen molar-refractivity contribution in [3.63, 3.8) is 0 Å². The SMILES string of the molecule is CS(=O)(=O)CCCn1cccc1CN. The Morgan fingerprint density at radius 1 is 1.50 bits per heavy atom. The van der Waals surface area contributed by atoms with Crippen molar-refractivity contribution >= 4 is 9.84 Å². The summed E-state index contributed by atoms with van der Waals surface area (Å²) in [5.74, 6) is 0.231. The smallest absolute Gasteiger partial charge is 0.147 e. The summed E-state index contributed by atoms with van der Waals surface area (Å²) < 4.78 is 23.8. The van der Waals surface area contributed by atoms with Crippen molar-refractivity contribution in [2.45, 2.75) is 19.5 Å². The highest BCUT2D eigenvalue weighted by Gasteiger charge is 2.03. The zero-order valence-electron chi connectivity index (χ0n) is 8.31. The first-order valence-electron chi connectivity index (χ1n) is 4.55. The maximum absolute atomic E-state index is 10.9. The maximum atomic E-state index is 10.9. The molecule has 0 atom stereocenters. The first kappa shape index (κ1) is 11.3. The lowest BCUT2D eigenvalue weighted by Gasteiger charge is -2.06. The van der Waals surface area contributed by atoms with Gasteiger partial charge in [-0.05, 0) is 18.6 Å². The molecule has 0 saturated heterocycles. The molecule has 5 heteroatoms. The Morgan fingerprint density at radius 3 is 2.79 bits per heavy atom. The van der Waals surface area contributed by atoms with E-state index in [1.807, 2.05) is 22.9 Å². The normalized spacial score (nSPS) is 11.9. The van der Waals surface area contributed by atoms with E-state index < -0.39 is 9.84 Å². The monoisotopic (exact) mass is 216 g/mol. The highest BCUT2D eigenvalue weighted by molar-refractivity contribution is 7.90. The van der Waals surface area contributed by atoms with Gasteiger partial charge in [-0.25, -0.2) is 8.42 Å². The van der Waals surface area contributed by atoms with Gasteiger partial charge in [0.1, 0.15) is 9.84 Å². The quantitative estimate of drug-likeness (QED) is 0.774. The predicted molar refractivity (Wildman–Crippen MR) is 56.7 cm³/mol. The van der Waals surface area contributed by atoms with Gasteiger partial charge < -0.3 is 10.3 Å². The van der Waals surface area contributed by atoms with E-state index >= 15 is 0 Å². The average Bonchev–Trinajstić information content (AvgIpc) is 2.49. The molecule has 4 nitrogen and oxygen atoms in total. The molecule has 0 bridgehead atoms. The van der Waals surface area contributed by atoms with Crippen LogP contribution in [0.25, 0.3) is 0 Å². The lowest BCUT2D eigenvalue weighted by atomic mass is 10.4. The van der Waals surface area contributed by atoms with Gasteiger partial charge in [0, 0.05) is 31.2 Å². The van der Waals surface area contributed by atoms with Crippen LogP contribution in [0.2, 0.25) is 0 Å². The minimum atomic E-state index is -2.84. The van der Waals surface area contributed by atoms with Gasteiger partial charge >= 0.3 is 0 Å². The fraction of sp³-hybridized carbons (Fsp3) is 0.556. The third kappa shape index (κ3) is 3.51. The first-order valence-corrected chi connectivity index (χ1v) is 6.61. The molecule has 80 valence electrons. The second-order valence-electron chi connectivity index (χ2n) is 3.38. The minimum Gasteiger partial charge on any atom is -0.350 e. The van der Waals surface area contributed by atoms with Crippen LogP contribution in [0.4, 0.5) is 0 Å². The molecule has 0 aliphatic carbocycles. The van der Waals surface area contributed by atoms with Crippen LogP contribution < -0.4 is 5.73 Å². The summed E-state index contributed by atoms with van der Waals surface area (Å²) in [4.78, 5) is 0. The maximum Gasteiger partial charge on any atom is 0.147 e. The molecule has 0 radical (unpaired) electrons. The van der Waals surface area contributed by atoms with E-state index in [4.69, 9.17) is 5.73 Å². The highest BCUT2D eigenvalue weighted by atomic mass is 32.2. The van der Waals surface area contributed by atoms with Gasteiger partial charge in [0.2, 0.25) is 0 Å². The van der Waals surface area contributed by atoms with Crippen LogP contribution in [0.5, 0.6) is 0 Å². The Hall–Kier alpha value is -0.810. The fourth-order valence-electron chi connectivity index (χ4n) is 1.35. The van der Waals surface area contributed by atoms with E-state index in [-0.39, 0.29) is 5.75 Å². The Labute approximate surface area is 84.6 Å². The molecule has 14 heavy (non-hydrogen) atoms. The van der Waals surface area contributed by atoms with Crippen LogP contribution in [-0.2, 0) is 22.9 Å². The predicted octanol–water partition coefficient (Wildman–Crippen LogP) is 0.382. The summed E-state index contributed by atoms with van der Waals surface area (Å²) in [6, 6.07) is 3.86. The average molecular weight is 216 g/mol. The lowest BCUT2D eigenvalue weighted by Crippen LogP contribution is -2.10. The molecule has 0 amide bonds. The van der Waals surface area contributed by atoms with E-state index in [1.165, 1.54) is 6.26 Å². The van der Waals surface area contributed by atoms with Crippen LogP contribution in [0.15, 0.2) is 18.3 Å². The van der Waals surface area contributed by atoms with Crippen molar-refractivity contribution in [1.29, 1.82) is 0 Å². The highest BCUT2D eigenvalue weighted by Crippen LogP contribution is 2.03. The van der Waals surface area contributed by atoms with Crippen molar-refractivity contribution in [2.75, 3.05) is 12.0 Å². The molecular formula is C9H16N2O2S. The van der Waals surface area contributed by atoms with Gasteiger partial charge in [0.25, 0.3) is 0 Å². The number of nitrogens with zero attached hydrogens (tertiary/aromatic N) is 1. The molecule has 0 aliphatic rings. The fourth-order valence-corrected chi connectivity index (χ4v) is 2.00. The molecule has 1 rings (SSSR count). The second kappa shape index (κ2) is 4.61. The Bertz CT molecular complexity index is 381. The molecule has 0 saturated carbocycles. The Balaban J connectivity index is 2.46. The number of sulfone groups is 1. The molecule has 0 unspecified atom stereocenters. The van der Waals surface area contributed by atoms with Gasteiger partial charge in [-0.1, -0.05) is 0 Å². The lowest BCUT2D eigenvalue weighted by molar-refractivity contribution is 0.589. The summed E-state index contributed by atoms with van der Waals surface area (Å²) in [6.45, 7) is 1.21. The third-order valence-corrected chi connectivity index (χ3v) is 3.08. The van der Waals surface area contributed by atoms with Crippen molar-refractivity contribution in [1.82, 2.24) is 4.57 Å². The van der Waals surface area contributed by atoms with E-state index in [0.717, 1.165) is 5.69 Å². The summed E-state index contributed by atoms with van der Waals surface area (Å²) in [5, 5.41) is 0. The molecule has 0 fully saturated rings. The van der Waals surface area contributed by atoms with Crippen molar-refractivity contribution < 1.29 is 8.42 Å². The van der Waals surface area contributed by atoms with Gasteiger partial charge in [-0.2, -0.15) is 0 Å². The number of aryl methyl sites for hydroxylation is 1. The Morgan fingerprint density at radius 2 is 2.21 bits per heavy atom. The molecule has 2 N–H and O–H groups in total. The number of hydrogen-bond acceptors (Lipinski definition) is 3. The van der Waals surface area contributed by atoms with E-state index in [2.05, 4.69) is 0 Å². The summed E-state index contributed by atoms with van der Waals surface area (Å²) in [6.07, 6.45) is 3.82. The van der Waals surface area contributed by atoms with E-state index in [9.17, 15) is 8.42 Å².